The van der Waals surface area contributed by atoms with E-state index in [2.05, 4.69) is 20.9 Å². The number of carbonyl (C=O) groups is 2. The minimum Gasteiger partial charge on any atom is -0.379 e. The van der Waals surface area contributed by atoms with Crippen LogP contribution in [-0.2, 0) is 9.53 Å². The minimum absolute atomic E-state index is 0.0597. The molecular weight excluding hydrogens is 332 g/mol. The summed E-state index contributed by atoms with van der Waals surface area (Å²) in [7, 11) is 0. The summed E-state index contributed by atoms with van der Waals surface area (Å²) in [6.07, 6.45) is 0.908. The highest BCUT2D eigenvalue weighted by Crippen LogP contribution is 2.29. The largest absolute Gasteiger partial charge is 0.379 e. The number of fused-ring (bicyclic) bond motifs is 1. The van der Waals surface area contributed by atoms with Gasteiger partial charge in [-0.2, -0.15) is 0 Å². The van der Waals surface area contributed by atoms with E-state index >= 15 is 0 Å². The number of rotatable bonds is 6. The van der Waals surface area contributed by atoms with Gasteiger partial charge in [0.25, 0.3) is 5.91 Å². The number of benzene rings is 1. The van der Waals surface area contributed by atoms with Gasteiger partial charge in [-0.05, 0) is 37.1 Å². The van der Waals surface area contributed by atoms with Crippen molar-refractivity contribution in [3.63, 3.8) is 0 Å². The number of anilines is 2. The van der Waals surface area contributed by atoms with E-state index in [1.807, 2.05) is 19.9 Å². The topological polar surface area (TPSA) is 82.7 Å². The van der Waals surface area contributed by atoms with Crippen LogP contribution in [0.5, 0.6) is 0 Å². The second kappa shape index (κ2) is 8.51. The molecule has 1 aromatic carbocycles. The fraction of sp³-hybridized carbons (Fsp3) is 0.579. The Morgan fingerprint density at radius 3 is 2.81 bits per heavy atom. The van der Waals surface area contributed by atoms with Crippen LogP contribution in [0.1, 0.15) is 30.6 Å². The van der Waals surface area contributed by atoms with E-state index in [4.69, 9.17) is 4.74 Å². The fourth-order valence-electron chi connectivity index (χ4n) is 3.26. The molecule has 1 fully saturated rings. The van der Waals surface area contributed by atoms with E-state index < -0.39 is 0 Å². The Labute approximate surface area is 154 Å². The van der Waals surface area contributed by atoms with Gasteiger partial charge in [0.15, 0.2) is 0 Å². The van der Waals surface area contributed by atoms with Crippen molar-refractivity contribution in [1.82, 2.24) is 10.2 Å². The number of morpholine rings is 1. The fourth-order valence-corrected chi connectivity index (χ4v) is 3.26. The molecule has 2 aliphatic rings. The lowest BCUT2D eigenvalue weighted by molar-refractivity contribution is -0.117. The molecule has 7 nitrogen and oxygen atoms in total. The van der Waals surface area contributed by atoms with Crippen LogP contribution in [0.15, 0.2) is 18.2 Å². The number of hydrogen-bond donors (Lipinski definition) is 3. The Morgan fingerprint density at radius 2 is 2.08 bits per heavy atom. The minimum atomic E-state index is -0.248. The van der Waals surface area contributed by atoms with Crippen molar-refractivity contribution >= 4 is 23.2 Å². The lowest BCUT2D eigenvalue weighted by atomic mass is 9.99. The highest BCUT2D eigenvalue weighted by Gasteiger charge is 2.28. The molecule has 0 aliphatic carbocycles. The number of nitrogens with zero attached hydrogens (tertiary/aromatic N) is 1. The quantitative estimate of drug-likeness (QED) is 0.670. The maximum Gasteiger partial charge on any atom is 0.251 e. The normalized spacial score (nSPS) is 20.3. The average Bonchev–Trinajstić information content (AvgIpc) is 2.64. The molecular formula is C19H28N4O3. The Hall–Kier alpha value is -2.12. The summed E-state index contributed by atoms with van der Waals surface area (Å²) >= 11 is 0. The standard InChI is InChI=1S/C19H28N4O3/c1-13(2)17-19(25)22-16-12-14(4-5-15(16)21-17)18(24)20-6-3-7-23-8-10-26-11-9-23/h4-5,12-13,17,21H,3,6-11H2,1-2H3,(H,20,24)(H,22,25)/t17-/m1/s1. The van der Waals surface area contributed by atoms with Crippen molar-refractivity contribution in [3.05, 3.63) is 23.8 Å². The molecule has 2 aliphatic heterocycles. The first kappa shape index (κ1) is 18.7. The van der Waals surface area contributed by atoms with E-state index in [0.717, 1.165) is 45.0 Å². The second-order valence-corrected chi connectivity index (χ2v) is 7.18. The molecule has 26 heavy (non-hydrogen) atoms. The summed E-state index contributed by atoms with van der Waals surface area (Å²) in [5.41, 5.74) is 2.07. The first-order valence-electron chi connectivity index (χ1n) is 9.34. The number of ether oxygens (including phenoxy) is 1. The van der Waals surface area contributed by atoms with Crippen molar-refractivity contribution in [2.45, 2.75) is 26.3 Å². The molecule has 0 saturated carbocycles. The third-order valence-corrected chi connectivity index (χ3v) is 4.84. The Kier molecular flexibility index (Phi) is 6.11. The van der Waals surface area contributed by atoms with Gasteiger partial charge in [0.2, 0.25) is 5.91 Å². The van der Waals surface area contributed by atoms with E-state index in [0.29, 0.717) is 17.8 Å². The smallest absolute Gasteiger partial charge is 0.251 e. The maximum absolute atomic E-state index is 12.4. The average molecular weight is 360 g/mol. The Balaban J connectivity index is 1.51. The van der Waals surface area contributed by atoms with Gasteiger partial charge in [-0.15, -0.1) is 0 Å². The van der Waals surface area contributed by atoms with E-state index in [1.54, 1.807) is 12.1 Å². The van der Waals surface area contributed by atoms with E-state index in [-0.39, 0.29) is 23.8 Å². The van der Waals surface area contributed by atoms with Gasteiger partial charge >= 0.3 is 0 Å². The molecule has 2 amide bonds. The third-order valence-electron chi connectivity index (χ3n) is 4.84. The molecule has 142 valence electrons. The zero-order chi connectivity index (χ0) is 18.5. The summed E-state index contributed by atoms with van der Waals surface area (Å²) < 4.78 is 5.33. The van der Waals surface area contributed by atoms with Crippen molar-refractivity contribution in [2.75, 3.05) is 50.0 Å². The predicted molar refractivity (Wildman–Crippen MR) is 102 cm³/mol. The van der Waals surface area contributed by atoms with Crippen molar-refractivity contribution < 1.29 is 14.3 Å². The molecule has 1 atom stereocenters. The van der Waals surface area contributed by atoms with Crippen LogP contribution in [0, 0.1) is 5.92 Å². The van der Waals surface area contributed by atoms with Gasteiger partial charge in [-0.25, -0.2) is 0 Å². The lowest BCUT2D eigenvalue weighted by Gasteiger charge is -2.29. The summed E-state index contributed by atoms with van der Waals surface area (Å²) in [6, 6.07) is 5.13. The molecule has 0 unspecified atom stereocenters. The van der Waals surface area contributed by atoms with Crippen LogP contribution < -0.4 is 16.0 Å². The van der Waals surface area contributed by atoms with Crippen LogP contribution in [0.25, 0.3) is 0 Å². The molecule has 0 radical (unpaired) electrons. The van der Waals surface area contributed by atoms with Crippen LogP contribution in [-0.4, -0.2) is 62.1 Å². The molecule has 3 rings (SSSR count). The van der Waals surface area contributed by atoms with Gasteiger partial charge in [0, 0.05) is 25.2 Å². The zero-order valence-electron chi connectivity index (χ0n) is 15.5. The van der Waals surface area contributed by atoms with Gasteiger partial charge in [0.1, 0.15) is 6.04 Å². The molecule has 0 aromatic heterocycles. The molecule has 7 heteroatoms. The summed E-state index contributed by atoms with van der Waals surface area (Å²) in [4.78, 5) is 26.9. The van der Waals surface area contributed by atoms with Gasteiger partial charge in [-0.3, -0.25) is 14.5 Å². The highest BCUT2D eigenvalue weighted by molar-refractivity contribution is 6.05. The number of carbonyl (C=O) groups excluding carboxylic acids is 2. The van der Waals surface area contributed by atoms with Crippen molar-refractivity contribution in [3.8, 4) is 0 Å². The van der Waals surface area contributed by atoms with Crippen LogP contribution in [0.4, 0.5) is 11.4 Å². The number of nitrogens with one attached hydrogen (secondary N) is 3. The maximum atomic E-state index is 12.4. The summed E-state index contributed by atoms with van der Waals surface area (Å²) in [5, 5.41) is 9.09. The molecule has 1 aromatic rings. The SMILES string of the molecule is CC(C)[C@H]1Nc2ccc(C(=O)NCCCN3CCOCC3)cc2NC1=O. The third kappa shape index (κ3) is 4.53. The number of hydrogen-bond acceptors (Lipinski definition) is 5. The Bertz CT molecular complexity index is 656. The second-order valence-electron chi connectivity index (χ2n) is 7.18. The molecule has 0 spiro atoms. The highest BCUT2D eigenvalue weighted by atomic mass is 16.5. The van der Waals surface area contributed by atoms with Crippen LogP contribution in [0.3, 0.4) is 0 Å². The van der Waals surface area contributed by atoms with Crippen molar-refractivity contribution in [2.24, 2.45) is 5.92 Å². The molecule has 3 N–H and O–H groups in total. The monoisotopic (exact) mass is 360 g/mol. The Morgan fingerprint density at radius 1 is 1.31 bits per heavy atom. The molecule has 0 bridgehead atoms. The van der Waals surface area contributed by atoms with Crippen LogP contribution >= 0.6 is 0 Å². The van der Waals surface area contributed by atoms with E-state index in [1.165, 1.54) is 0 Å². The number of amides is 2. The van der Waals surface area contributed by atoms with Crippen LogP contribution in [0.2, 0.25) is 0 Å². The van der Waals surface area contributed by atoms with Crippen molar-refractivity contribution in [1.29, 1.82) is 0 Å². The van der Waals surface area contributed by atoms with E-state index in [9.17, 15) is 9.59 Å². The summed E-state index contributed by atoms with van der Waals surface area (Å²) in [5.74, 6) is 0.0168. The van der Waals surface area contributed by atoms with Gasteiger partial charge < -0.3 is 20.7 Å². The van der Waals surface area contributed by atoms with Gasteiger partial charge in [-0.1, -0.05) is 13.8 Å². The lowest BCUT2D eigenvalue weighted by Crippen LogP contribution is -2.42. The molecule has 1 saturated heterocycles. The predicted octanol–water partition coefficient (Wildman–Crippen LogP) is 1.53. The molecule has 2 heterocycles. The van der Waals surface area contributed by atoms with Gasteiger partial charge in [0.05, 0.1) is 24.6 Å². The first-order valence-corrected chi connectivity index (χ1v) is 9.34. The first-order chi connectivity index (χ1) is 12.5. The zero-order valence-corrected chi connectivity index (χ0v) is 15.5. The summed E-state index contributed by atoms with van der Waals surface area (Å²) in [6.45, 7) is 9.10.